The second-order valence-corrected chi connectivity index (χ2v) is 4.04. The zero-order chi connectivity index (χ0) is 14.7. The smallest absolute Gasteiger partial charge is 0.171 e. The van der Waals surface area contributed by atoms with Crippen molar-refractivity contribution in [2.75, 3.05) is 14.2 Å². The van der Waals surface area contributed by atoms with Gasteiger partial charge in [-0.25, -0.2) is 8.78 Å². The molecule has 3 nitrogen and oxygen atoms in total. The molecule has 2 rings (SSSR count). The number of halogens is 2. The Kier molecular flexibility index (Phi) is 3.98. The van der Waals surface area contributed by atoms with Crippen LogP contribution < -0.4 is 9.47 Å². The number of carbonyl (C=O) groups excluding carboxylic acids is 1. The summed E-state index contributed by atoms with van der Waals surface area (Å²) in [6.07, 6.45) is 0.590. The fourth-order valence-electron chi connectivity index (χ4n) is 1.96. The molecule has 0 aliphatic heterocycles. The topological polar surface area (TPSA) is 35.5 Å². The number of methoxy groups -OCH3 is 2. The van der Waals surface area contributed by atoms with Gasteiger partial charge >= 0.3 is 0 Å². The summed E-state index contributed by atoms with van der Waals surface area (Å²) < 4.78 is 36.9. The van der Waals surface area contributed by atoms with Crippen molar-refractivity contribution in [1.29, 1.82) is 0 Å². The number of hydrogen-bond donors (Lipinski definition) is 0. The molecule has 0 saturated heterocycles. The van der Waals surface area contributed by atoms with Crippen LogP contribution >= 0.6 is 0 Å². The molecule has 0 aliphatic rings. The van der Waals surface area contributed by atoms with Crippen LogP contribution in [0.5, 0.6) is 11.5 Å². The molecule has 20 heavy (non-hydrogen) atoms. The van der Waals surface area contributed by atoms with Gasteiger partial charge in [-0.15, -0.1) is 0 Å². The molecule has 0 heterocycles. The molecular weight excluding hydrogens is 266 g/mol. The Balaban J connectivity index is 2.65. The molecule has 2 aromatic carbocycles. The lowest BCUT2D eigenvalue weighted by atomic mass is 10.0. The fourth-order valence-corrected chi connectivity index (χ4v) is 1.96. The molecule has 0 unspecified atom stereocenters. The van der Waals surface area contributed by atoms with Gasteiger partial charge in [0.05, 0.1) is 19.8 Å². The van der Waals surface area contributed by atoms with Gasteiger partial charge in [-0.2, -0.15) is 0 Å². The molecule has 0 atom stereocenters. The maximum atomic E-state index is 13.8. The standard InChI is InChI=1S/C15H12F2O3/c1-19-14-6-9(5-10(8-18)15(14)20-2)12-4-3-11(16)7-13(12)17/h3-8H,1-2H3. The number of aldehydes is 1. The molecule has 5 heteroatoms. The highest BCUT2D eigenvalue weighted by atomic mass is 19.1. The Bertz CT molecular complexity index is 654. The van der Waals surface area contributed by atoms with E-state index in [0.717, 1.165) is 12.1 Å². The normalized spacial score (nSPS) is 10.2. The highest BCUT2D eigenvalue weighted by molar-refractivity contribution is 5.85. The third kappa shape index (κ3) is 2.47. The van der Waals surface area contributed by atoms with E-state index in [1.165, 1.54) is 32.4 Å². The first-order valence-corrected chi connectivity index (χ1v) is 5.77. The van der Waals surface area contributed by atoms with E-state index < -0.39 is 11.6 Å². The first kappa shape index (κ1) is 14.0. The van der Waals surface area contributed by atoms with Crippen molar-refractivity contribution in [1.82, 2.24) is 0 Å². The lowest BCUT2D eigenvalue weighted by Crippen LogP contribution is -1.97. The van der Waals surface area contributed by atoms with Crippen LogP contribution in [0.3, 0.4) is 0 Å². The summed E-state index contributed by atoms with van der Waals surface area (Å²) in [4.78, 5) is 11.1. The lowest BCUT2D eigenvalue weighted by Gasteiger charge is -2.12. The quantitative estimate of drug-likeness (QED) is 0.803. The molecule has 0 N–H and O–H groups in total. The number of hydrogen-bond acceptors (Lipinski definition) is 3. The zero-order valence-electron chi connectivity index (χ0n) is 10.9. The van der Waals surface area contributed by atoms with Crippen molar-refractivity contribution in [2.45, 2.75) is 0 Å². The molecule has 0 spiro atoms. The van der Waals surface area contributed by atoms with E-state index in [-0.39, 0.29) is 16.9 Å². The van der Waals surface area contributed by atoms with Crippen LogP contribution in [0.4, 0.5) is 8.78 Å². The van der Waals surface area contributed by atoms with Gasteiger partial charge in [-0.1, -0.05) is 0 Å². The molecule has 0 bridgehead atoms. The lowest BCUT2D eigenvalue weighted by molar-refractivity contribution is 0.112. The van der Waals surface area contributed by atoms with Gasteiger partial charge in [0.25, 0.3) is 0 Å². The Morgan fingerprint density at radius 1 is 1.05 bits per heavy atom. The highest BCUT2D eigenvalue weighted by Crippen LogP contribution is 2.36. The van der Waals surface area contributed by atoms with Gasteiger partial charge in [0.1, 0.15) is 11.6 Å². The number of carbonyl (C=O) groups is 1. The minimum Gasteiger partial charge on any atom is -0.493 e. The summed E-state index contributed by atoms with van der Waals surface area (Å²) in [6, 6.07) is 6.23. The molecule has 0 fully saturated rings. The monoisotopic (exact) mass is 278 g/mol. The Labute approximate surface area is 114 Å². The van der Waals surface area contributed by atoms with Crippen LogP contribution in [0.2, 0.25) is 0 Å². The summed E-state index contributed by atoms with van der Waals surface area (Å²) in [5, 5.41) is 0. The molecule has 0 saturated carbocycles. The minimum absolute atomic E-state index is 0.176. The zero-order valence-corrected chi connectivity index (χ0v) is 10.9. The van der Waals surface area contributed by atoms with Crippen molar-refractivity contribution < 1.29 is 23.0 Å². The highest BCUT2D eigenvalue weighted by Gasteiger charge is 2.15. The maximum absolute atomic E-state index is 13.8. The summed E-state index contributed by atoms with van der Waals surface area (Å²) in [5.74, 6) is -0.805. The van der Waals surface area contributed by atoms with Gasteiger partial charge in [0.15, 0.2) is 17.8 Å². The first-order valence-electron chi connectivity index (χ1n) is 5.77. The van der Waals surface area contributed by atoms with E-state index in [2.05, 4.69) is 0 Å². The van der Waals surface area contributed by atoms with Crippen LogP contribution in [-0.4, -0.2) is 20.5 Å². The van der Waals surface area contributed by atoms with E-state index >= 15 is 0 Å². The number of ether oxygens (including phenoxy) is 2. The van der Waals surface area contributed by atoms with E-state index in [1.54, 1.807) is 0 Å². The molecule has 2 aromatic rings. The number of benzene rings is 2. The predicted octanol–water partition coefficient (Wildman–Crippen LogP) is 3.46. The van der Waals surface area contributed by atoms with Gasteiger partial charge in [-0.3, -0.25) is 4.79 Å². The van der Waals surface area contributed by atoms with Gasteiger partial charge < -0.3 is 9.47 Å². The average Bonchev–Trinajstić information content (AvgIpc) is 2.45. The molecule has 0 radical (unpaired) electrons. The molecule has 0 aliphatic carbocycles. The molecule has 104 valence electrons. The van der Waals surface area contributed by atoms with Gasteiger partial charge in [-0.05, 0) is 29.8 Å². The van der Waals surface area contributed by atoms with E-state index in [1.807, 2.05) is 0 Å². The van der Waals surface area contributed by atoms with Crippen molar-refractivity contribution in [3.05, 3.63) is 47.5 Å². The SMILES string of the molecule is COc1cc(-c2ccc(F)cc2F)cc(C=O)c1OC. The molecular formula is C15H12F2O3. The average molecular weight is 278 g/mol. The van der Waals surface area contributed by atoms with Gasteiger partial charge in [0.2, 0.25) is 0 Å². The van der Waals surface area contributed by atoms with Gasteiger partial charge in [0, 0.05) is 11.6 Å². The van der Waals surface area contributed by atoms with Crippen molar-refractivity contribution >= 4 is 6.29 Å². The number of rotatable bonds is 4. The van der Waals surface area contributed by atoms with Crippen molar-refractivity contribution in [3.63, 3.8) is 0 Å². The Morgan fingerprint density at radius 2 is 1.80 bits per heavy atom. The summed E-state index contributed by atoms with van der Waals surface area (Å²) in [5.41, 5.74) is 0.809. The maximum Gasteiger partial charge on any atom is 0.171 e. The fraction of sp³-hybridized carbons (Fsp3) is 0.133. The first-order chi connectivity index (χ1) is 9.60. The Hall–Kier alpha value is -2.43. The molecule has 0 aromatic heterocycles. The second kappa shape index (κ2) is 5.69. The summed E-state index contributed by atoms with van der Waals surface area (Å²) in [6.45, 7) is 0. The Morgan fingerprint density at radius 3 is 2.35 bits per heavy atom. The predicted molar refractivity (Wildman–Crippen MR) is 70.3 cm³/mol. The van der Waals surface area contributed by atoms with Crippen LogP contribution in [0.1, 0.15) is 10.4 Å². The summed E-state index contributed by atoms with van der Waals surface area (Å²) >= 11 is 0. The largest absolute Gasteiger partial charge is 0.493 e. The van der Waals surface area contributed by atoms with Crippen LogP contribution in [0, 0.1) is 11.6 Å². The van der Waals surface area contributed by atoms with Crippen LogP contribution in [-0.2, 0) is 0 Å². The van der Waals surface area contributed by atoms with Crippen LogP contribution in [0.25, 0.3) is 11.1 Å². The molecule has 0 amide bonds. The van der Waals surface area contributed by atoms with Crippen molar-refractivity contribution in [2.24, 2.45) is 0 Å². The van der Waals surface area contributed by atoms with Crippen molar-refractivity contribution in [3.8, 4) is 22.6 Å². The van der Waals surface area contributed by atoms with Crippen LogP contribution in [0.15, 0.2) is 30.3 Å². The summed E-state index contributed by atoms with van der Waals surface area (Å²) in [7, 11) is 2.82. The third-order valence-electron chi connectivity index (χ3n) is 2.88. The van der Waals surface area contributed by atoms with E-state index in [4.69, 9.17) is 9.47 Å². The van der Waals surface area contributed by atoms with E-state index in [0.29, 0.717) is 17.6 Å². The minimum atomic E-state index is -0.714. The van der Waals surface area contributed by atoms with E-state index in [9.17, 15) is 13.6 Å². The third-order valence-corrected chi connectivity index (χ3v) is 2.88. The second-order valence-electron chi connectivity index (χ2n) is 4.04.